The Morgan fingerprint density at radius 2 is 2.16 bits per heavy atom. The molecule has 0 saturated heterocycles. The van der Waals surface area contributed by atoms with Crippen LogP contribution in [0.25, 0.3) is 10.9 Å². The summed E-state index contributed by atoms with van der Waals surface area (Å²) in [6, 6.07) is 3.36. The number of aromatic nitrogens is 2. The molecule has 2 aromatic rings. The lowest BCUT2D eigenvalue weighted by Crippen LogP contribution is -2.21. The van der Waals surface area contributed by atoms with Crippen molar-refractivity contribution >= 4 is 16.7 Å². The van der Waals surface area contributed by atoms with E-state index in [-0.39, 0.29) is 11.4 Å². The van der Waals surface area contributed by atoms with Crippen molar-refractivity contribution in [3.8, 4) is 11.5 Å². The van der Waals surface area contributed by atoms with Gasteiger partial charge in [-0.15, -0.1) is 0 Å². The summed E-state index contributed by atoms with van der Waals surface area (Å²) in [7, 11) is 1.48. The Bertz CT molecular complexity index is 664. The molecule has 3 rings (SSSR count). The van der Waals surface area contributed by atoms with E-state index in [1.165, 1.54) is 7.11 Å². The quantitative estimate of drug-likeness (QED) is 0.730. The van der Waals surface area contributed by atoms with Crippen LogP contribution < -0.4 is 15.7 Å². The van der Waals surface area contributed by atoms with Gasteiger partial charge < -0.3 is 15.2 Å². The van der Waals surface area contributed by atoms with E-state index in [1.807, 2.05) is 13.8 Å². The summed E-state index contributed by atoms with van der Waals surface area (Å²) in [5.41, 5.74) is 0.680. The number of rotatable bonds is 1. The average Bonchev–Trinajstić information content (AvgIpc) is 2.91. The van der Waals surface area contributed by atoms with Gasteiger partial charge in [-0.1, -0.05) is 13.8 Å². The van der Waals surface area contributed by atoms with E-state index < -0.39 is 0 Å². The molecule has 0 unspecified atom stereocenters. The van der Waals surface area contributed by atoms with E-state index in [0.29, 0.717) is 11.3 Å². The van der Waals surface area contributed by atoms with E-state index in [4.69, 9.17) is 10.1 Å². The Labute approximate surface area is 111 Å². The summed E-state index contributed by atoms with van der Waals surface area (Å²) in [5, 5.41) is 21.6. The monoisotopic (exact) mass is 262 g/mol. The third kappa shape index (κ3) is 1.99. The van der Waals surface area contributed by atoms with Crippen molar-refractivity contribution in [2.75, 3.05) is 19.0 Å². The Balaban J connectivity index is 0.000000637. The third-order valence-electron chi connectivity index (χ3n) is 2.94. The molecule has 0 fully saturated rings. The van der Waals surface area contributed by atoms with Crippen molar-refractivity contribution in [3.63, 3.8) is 0 Å². The fourth-order valence-corrected chi connectivity index (χ4v) is 2.18. The smallest absolute Gasteiger partial charge is 0.224 e. The molecule has 0 amide bonds. The second-order valence-electron chi connectivity index (χ2n) is 3.88. The average molecular weight is 262 g/mol. The van der Waals surface area contributed by atoms with Crippen LogP contribution >= 0.6 is 0 Å². The predicted octanol–water partition coefficient (Wildman–Crippen LogP) is 1.68. The lowest BCUT2D eigenvalue weighted by atomic mass is 10.2. The molecule has 0 radical (unpaired) electrons. The van der Waals surface area contributed by atoms with Gasteiger partial charge in [-0.3, -0.25) is 9.98 Å². The van der Waals surface area contributed by atoms with Crippen LogP contribution in [0.4, 0.5) is 5.82 Å². The molecule has 1 aromatic carbocycles. The first-order chi connectivity index (χ1) is 9.22. The minimum absolute atomic E-state index is 0.0369. The lowest BCUT2D eigenvalue weighted by molar-refractivity contribution is 0.377. The highest BCUT2D eigenvalue weighted by Crippen LogP contribution is 2.35. The number of benzene rings is 1. The van der Waals surface area contributed by atoms with Gasteiger partial charge in [0.15, 0.2) is 11.5 Å². The standard InChI is InChI=1S/C11H12N4O2.C2H6/c1-17-9-7(16)3-2-6-8(9)14-11(12)15-5-4-13-10(6)15;1-2/h2-3,12-13,16H,4-5H2,1H3;1-2H3. The molecule has 0 atom stereocenters. The van der Waals surface area contributed by atoms with Crippen LogP contribution in [0.5, 0.6) is 11.5 Å². The molecule has 19 heavy (non-hydrogen) atoms. The zero-order valence-electron chi connectivity index (χ0n) is 11.3. The van der Waals surface area contributed by atoms with Crippen LogP contribution in [0.2, 0.25) is 0 Å². The zero-order valence-corrected chi connectivity index (χ0v) is 11.3. The molecule has 0 saturated carbocycles. The topological polar surface area (TPSA) is 83.2 Å². The van der Waals surface area contributed by atoms with Crippen LogP contribution in [-0.2, 0) is 6.54 Å². The van der Waals surface area contributed by atoms with Crippen LogP contribution in [0.1, 0.15) is 13.8 Å². The fourth-order valence-electron chi connectivity index (χ4n) is 2.18. The summed E-state index contributed by atoms with van der Waals surface area (Å²) in [4.78, 5) is 4.18. The number of methoxy groups -OCH3 is 1. The maximum atomic E-state index is 9.69. The van der Waals surface area contributed by atoms with Gasteiger partial charge >= 0.3 is 0 Å². The van der Waals surface area contributed by atoms with Crippen LogP contribution in [0.15, 0.2) is 12.1 Å². The molecule has 1 aliphatic heterocycles. The highest BCUT2D eigenvalue weighted by atomic mass is 16.5. The Morgan fingerprint density at radius 1 is 1.42 bits per heavy atom. The van der Waals surface area contributed by atoms with Crippen LogP contribution in [0.3, 0.4) is 0 Å². The summed E-state index contributed by atoms with van der Waals surface area (Å²) < 4.78 is 6.94. The zero-order chi connectivity index (χ0) is 14.0. The maximum Gasteiger partial charge on any atom is 0.224 e. The third-order valence-corrected chi connectivity index (χ3v) is 2.94. The number of hydrogen-bond acceptors (Lipinski definition) is 5. The van der Waals surface area contributed by atoms with E-state index in [2.05, 4.69) is 10.3 Å². The number of ether oxygens (including phenoxy) is 1. The molecular formula is C13H18N4O2. The van der Waals surface area contributed by atoms with Crippen molar-refractivity contribution in [2.24, 2.45) is 0 Å². The molecule has 0 aliphatic carbocycles. The normalized spacial score (nSPS) is 12.4. The van der Waals surface area contributed by atoms with E-state index in [1.54, 1.807) is 16.7 Å². The van der Waals surface area contributed by atoms with Crippen LogP contribution in [-0.4, -0.2) is 28.3 Å². The highest BCUT2D eigenvalue weighted by Gasteiger charge is 2.18. The van der Waals surface area contributed by atoms with E-state index in [0.717, 1.165) is 24.3 Å². The fraction of sp³-hybridized carbons (Fsp3) is 0.385. The number of fused-ring (bicyclic) bond motifs is 3. The second-order valence-corrected chi connectivity index (χ2v) is 3.88. The summed E-state index contributed by atoms with van der Waals surface area (Å²) in [6.45, 7) is 5.52. The molecule has 0 spiro atoms. The minimum Gasteiger partial charge on any atom is -0.504 e. The Kier molecular flexibility index (Phi) is 3.59. The number of anilines is 1. The van der Waals surface area contributed by atoms with Crippen molar-refractivity contribution in [2.45, 2.75) is 20.4 Å². The van der Waals surface area contributed by atoms with E-state index >= 15 is 0 Å². The molecule has 3 N–H and O–H groups in total. The van der Waals surface area contributed by atoms with Crippen molar-refractivity contribution < 1.29 is 9.84 Å². The first-order valence-electron chi connectivity index (χ1n) is 6.31. The number of nitrogens with zero attached hydrogens (tertiary/aromatic N) is 2. The Morgan fingerprint density at radius 3 is 2.84 bits per heavy atom. The van der Waals surface area contributed by atoms with Gasteiger partial charge in [0, 0.05) is 18.5 Å². The number of aromatic hydroxyl groups is 1. The minimum atomic E-state index is 0.0369. The molecule has 6 heteroatoms. The predicted molar refractivity (Wildman–Crippen MR) is 73.6 cm³/mol. The Hall–Kier alpha value is -2.24. The molecule has 102 valence electrons. The highest BCUT2D eigenvalue weighted by molar-refractivity contribution is 5.95. The summed E-state index contributed by atoms with van der Waals surface area (Å²) >= 11 is 0. The van der Waals surface area contributed by atoms with Crippen molar-refractivity contribution in [1.29, 1.82) is 5.41 Å². The largest absolute Gasteiger partial charge is 0.504 e. The maximum absolute atomic E-state index is 9.69. The SMILES string of the molecule is CC.COc1c(O)ccc2c3n(c(=N)nc12)CCN3. The molecule has 1 aromatic heterocycles. The first kappa shape index (κ1) is 13.2. The van der Waals surface area contributed by atoms with Crippen molar-refractivity contribution in [3.05, 3.63) is 17.8 Å². The summed E-state index contributed by atoms with van der Waals surface area (Å²) in [6.07, 6.45) is 0. The van der Waals surface area contributed by atoms with Crippen molar-refractivity contribution in [1.82, 2.24) is 9.55 Å². The van der Waals surface area contributed by atoms with Crippen LogP contribution in [0, 0.1) is 5.41 Å². The summed E-state index contributed by atoms with van der Waals surface area (Å²) in [5.74, 6) is 1.21. The number of nitrogens with one attached hydrogen (secondary N) is 2. The first-order valence-corrected chi connectivity index (χ1v) is 6.31. The van der Waals surface area contributed by atoms with E-state index in [9.17, 15) is 5.11 Å². The van der Waals surface area contributed by atoms with Gasteiger partial charge in [0.1, 0.15) is 11.3 Å². The van der Waals surface area contributed by atoms with Gasteiger partial charge in [-0.2, -0.15) is 0 Å². The number of phenols is 1. The number of hydrogen-bond donors (Lipinski definition) is 3. The second kappa shape index (κ2) is 5.17. The van der Waals surface area contributed by atoms with Gasteiger partial charge in [-0.25, -0.2) is 4.98 Å². The van der Waals surface area contributed by atoms with Gasteiger partial charge in [-0.05, 0) is 12.1 Å². The molecule has 1 aliphatic rings. The van der Waals surface area contributed by atoms with Gasteiger partial charge in [0.2, 0.25) is 5.62 Å². The van der Waals surface area contributed by atoms with Gasteiger partial charge in [0.25, 0.3) is 0 Å². The molecule has 6 nitrogen and oxygen atoms in total. The number of phenolic OH excluding ortho intramolecular Hbond substituents is 1. The lowest BCUT2D eigenvalue weighted by Gasteiger charge is -2.11. The molecule has 2 heterocycles. The molecular weight excluding hydrogens is 244 g/mol. The molecule has 0 bridgehead atoms. The van der Waals surface area contributed by atoms with Gasteiger partial charge in [0.05, 0.1) is 7.11 Å².